The molecule has 1 N–H and O–H groups in total. The summed E-state index contributed by atoms with van der Waals surface area (Å²) in [7, 11) is 0. The Balaban J connectivity index is 0.000000980. The molecule has 6 nitrogen and oxygen atoms in total. The minimum atomic E-state index is -1.19. The van der Waals surface area contributed by atoms with Crippen LogP contribution in [-0.2, 0) is 0 Å². The van der Waals surface area contributed by atoms with E-state index in [0.29, 0.717) is 5.65 Å². The molecule has 0 spiro atoms. The summed E-state index contributed by atoms with van der Waals surface area (Å²) in [4.78, 5) is 10.6. The van der Waals surface area contributed by atoms with Crippen LogP contribution in [0.15, 0.2) is 12.1 Å². The molecule has 14 heavy (non-hydrogen) atoms. The van der Waals surface area contributed by atoms with Gasteiger partial charge in [-0.2, -0.15) is 9.61 Å². The van der Waals surface area contributed by atoms with Crippen molar-refractivity contribution < 1.29 is 9.90 Å². The first-order valence-electron chi connectivity index (χ1n) is 3.30. The number of fused-ring (bicyclic) bond motifs is 1. The molecule has 0 unspecified atom stereocenters. The molecule has 0 bridgehead atoms. The van der Waals surface area contributed by atoms with Gasteiger partial charge >= 0.3 is 5.97 Å². The first-order valence-corrected chi connectivity index (χ1v) is 3.67. The zero-order valence-electron chi connectivity index (χ0n) is 7.18. The molecule has 0 fully saturated rings. The minimum Gasteiger partial charge on any atom is -0.475 e. The Morgan fingerprint density at radius 2 is 2.14 bits per heavy atom. The number of carbonyl (C=O) groups is 1. The molecular formula is C6H3ClN4NaO2. The van der Waals surface area contributed by atoms with Crippen LogP contribution in [0.2, 0.25) is 5.15 Å². The predicted molar refractivity (Wildman–Crippen MR) is 48.5 cm³/mol. The molecule has 2 aromatic rings. The second kappa shape index (κ2) is 4.22. The van der Waals surface area contributed by atoms with E-state index in [0.717, 1.165) is 4.52 Å². The van der Waals surface area contributed by atoms with Crippen LogP contribution >= 0.6 is 11.6 Å². The number of aromatic nitrogens is 4. The Labute approximate surface area is 105 Å². The average Bonchev–Trinajstić information content (AvgIpc) is 2.46. The Kier molecular flexibility index (Phi) is 3.43. The minimum absolute atomic E-state index is 0. The van der Waals surface area contributed by atoms with E-state index in [1.165, 1.54) is 12.1 Å². The summed E-state index contributed by atoms with van der Waals surface area (Å²) < 4.78 is 1.07. The number of aromatic carboxylic acids is 1. The molecule has 2 heterocycles. The zero-order valence-corrected chi connectivity index (χ0v) is 9.93. The van der Waals surface area contributed by atoms with E-state index in [1.54, 1.807) is 0 Å². The molecule has 0 saturated heterocycles. The third-order valence-electron chi connectivity index (χ3n) is 1.42. The smallest absolute Gasteiger partial charge is 0.375 e. The molecule has 2 aromatic heterocycles. The number of hydrogen-bond donors (Lipinski definition) is 1. The molecule has 0 aliphatic carbocycles. The van der Waals surface area contributed by atoms with E-state index in [2.05, 4.69) is 15.3 Å². The molecule has 8 heteroatoms. The summed E-state index contributed by atoms with van der Waals surface area (Å²) in [6, 6.07) is 3.05. The van der Waals surface area contributed by atoms with Crippen LogP contribution < -0.4 is 0 Å². The van der Waals surface area contributed by atoms with Gasteiger partial charge in [0.05, 0.1) is 0 Å². The Hall–Kier alpha value is -0.690. The predicted octanol–water partition coefficient (Wildman–Crippen LogP) is 0.0951. The second-order valence-corrected chi connectivity index (χ2v) is 2.64. The number of carboxylic acids is 1. The van der Waals surface area contributed by atoms with Crippen molar-refractivity contribution in [2.45, 2.75) is 0 Å². The van der Waals surface area contributed by atoms with Crippen molar-refractivity contribution in [3.8, 4) is 0 Å². The molecule has 0 amide bonds. The maximum Gasteiger partial charge on any atom is 0.375 e. The average molecular weight is 222 g/mol. The largest absolute Gasteiger partial charge is 0.475 e. The van der Waals surface area contributed by atoms with Gasteiger partial charge in [0.2, 0.25) is 0 Å². The van der Waals surface area contributed by atoms with Gasteiger partial charge in [-0.25, -0.2) is 4.79 Å². The number of hydrogen-bond acceptors (Lipinski definition) is 4. The number of carboxylic acid groups (broad SMARTS) is 1. The SMILES string of the molecule is O=C(O)c1nnc2ccc(Cl)nn12.[Na]. The van der Waals surface area contributed by atoms with Crippen molar-refractivity contribution in [3.05, 3.63) is 23.1 Å². The van der Waals surface area contributed by atoms with E-state index in [-0.39, 0.29) is 40.5 Å². The van der Waals surface area contributed by atoms with Gasteiger partial charge in [0.1, 0.15) is 5.15 Å². The molecule has 1 radical (unpaired) electrons. The van der Waals surface area contributed by atoms with Gasteiger partial charge in [-0.1, -0.05) is 11.6 Å². The van der Waals surface area contributed by atoms with Crippen molar-refractivity contribution in [2.24, 2.45) is 0 Å². The first-order chi connectivity index (χ1) is 6.18. The van der Waals surface area contributed by atoms with Crippen molar-refractivity contribution in [1.82, 2.24) is 19.8 Å². The Bertz CT molecular complexity index is 486. The van der Waals surface area contributed by atoms with Crippen LogP contribution in [0.5, 0.6) is 0 Å². The van der Waals surface area contributed by atoms with Crippen LogP contribution in [-0.4, -0.2) is 60.4 Å². The van der Waals surface area contributed by atoms with Crippen molar-refractivity contribution in [2.75, 3.05) is 0 Å². The monoisotopic (exact) mass is 221 g/mol. The summed E-state index contributed by atoms with van der Waals surface area (Å²) >= 11 is 5.57. The van der Waals surface area contributed by atoms with Gasteiger partial charge in [-0.05, 0) is 12.1 Å². The van der Waals surface area contributed by atoms with E-state index in [4.69, 9.17) is 16.7 Å². The fourth-order valence-corrected chi connectivity index (χ4v) is 1.04. The maximum absolute atomic E-state index is 10.6. The molecule has 67 valence electrons. The van der Waals surface area contributed by atoms with Crippen molar-refractivity contribution >= 4 is 52.8 Å². The normalized spacial score (nSPS) is 9.79. The summed E-state index contributed by atoms with van der Waals surface area (Å²) in [5.74, 6) is -1.44. The van der Waals surface area contributed by atoms with Crippen molar-refractivity contribution in [1.29, 1.82) is 0 Å². The topological polar surface area (TPSA) is 80.4 Å². The Morgan fingerprint density at radius 1 is 1.43 bits per heavy atom. The standard InChI is InChI=1S/C6H3ClN4O2.Na/c7-3-1-2-4-8-9-5(6(12)13)11(4)10-3;/h1-2H,(H,12,13);. The number of rotatable bonds is 1. The molecule has 0 aliphatic rings. The van der Waals surface area contributed by atoms with Crippen LogP contribution in [0.4, 0.5) is 0 Å². The van der Waals surface area contributed by atoms with Gasteiger partial charge in [0.15, 0.2) is 5.65 Å². The molecule has 0 atom stereocenters. The van der Waals surface area contributed by atoms with Crippen LogP contribution in [0.3, 0.4) is 0 Å². The van der Waals surface area contributed by atoms with Gasteiger partial charge in [0.25, 0.3) is 5.82 Å². The van der Waals surface area contributed by atoms with Gasteiger partial charge in [-0.15, -0.1) is 10.2 Å². The molecule has 0 aromatic carbocycles. The third-order valence-corrected chi connectivity index (χ3v) is 1.62. The Morgan fingerprint density at radius 3 is 2.79 bits per heavy atom. The molecule has 2 rings (SSSR count). The fourth-order valence-electron chi connectivity index (χ4n) is 0.900. The van der Waals surface area contributed by atoms with Crippen LogP contribution in [0.25, 0.3) is 5.65 Å². The van der Waals surface area contributed by atoms with Gasteiger partial charge in [-0.3, -0.25) is 0 Å². The summed E-state index contributed by atoms with van der Waals surface area (Å²) in [6.45, 7) is 0. The third kappa shape index (κ3) is 1.88. The van der Waals surface area contributed by atoms with E-state index in [1.807, 2.05) is 0 Å². The van der Waals surface area contributed by atoms with E-state index >= 15 is 0 Å². The second-order valence-electron chi connectivity index (χ2n) is 2.25. The zero-order chi connectivity index (χ0) is 9.42. The molecular weight excluding hydrogens is 219 g/mol. The van der Waals surface area contributed by atoms with Gasteiger partial charge < -0.3 is 5.11 Å². The van der Waals surface area contributed by atoms with Gasteiger partial charge in [0, 0.05) is 29.6 Å². The van der Waals surface area contributed by atoms with Crippen LogP contribution in [0, 0.1) is 0 Å². The quantitative estimate of drug-likeness (QED) is 0.691. The molecule has 0 aliphatic heterocycles. The fraction of sp³-hybridized carbons (Fsp3) is 0. The number of halogens is 1. The first kappa shape index (κ1) is 11.4. The number of nitrogens with zero attached hydrogens (tertiary/aromatic N) is 4. The summed E-state index contributed by atoms with van der Waals surface area (Å²) in [6.07, 6.45) is 0. The summed E-state index contributed by atoms with van der Waals surface area (Å²) in [5, 5.41) is 19.6. The van der Waals surface area contributed by atoms with E-state index in [9.17, 15) is 4.79 Å². The maximum atomic E-state index is 10.6. The van der Waals surface area contributed by atoms with Crippen LogP contribution in [0.1, 0.15) is 10.6 Å². The van der Waals surface area contributed by atoms with Crippen molar-refractivity contribution in [3.63, 3.8) is 0 Å². The molecule has 0 saturated carbocycles. The van der Waals surface area contributed by atoms with E-state index < -0.39 is 5.97 Å². The summed E-state index contributed by atoms with van der Waals surface area (Å²) in [5.41, 5.74) is 0.349.